The third-order valence-corrected chi connectivity index (χ3v) is 9.78. The Morgan fingerprint density at radius 3 is 2.67 bits per heavy atom. The van der Waals surface area contributed by atoms with Crippen molar-refractivity contribution in [3.8, 4) is 0 Å². The van der Waals surface area contributed by atoms with E-state index in [0.29, 0.717) is 17.9 Å². The fourth-order valence-electron chi connectivity index (χ4n) is 7.09. The fraction of sp³-hybridized carbons (Fsp3) is 0.625. The van der Waals surface area contributed by atoms with Gasteiger partial charge in [-0.1, -0.05) is 56.4 Å². The van der Waals surface area contributed by atoms with Crippen LogP contribution in [0.3, 0.4) is 0 Å². The first kappa shape index (κ1) is 24.3. The molecule has 192 valence electrons. The summed E-state index contributed by atoms with van der Waals surface area (Å²) in [5.74, 6) is 2.86. The van der Waals surface area contributed by atoms with Crippen LogP contribution in [-0.4, -0.2) is 43.3 Å². The third kappa shape index (κ3) is 4.44. The zero-order chi connectivity index (χ0) is 25.0. The Bertz CT molecular complexity index is 1100. The van der Waals surface area contributed by atoms with E-state index in [1.165, 1.54) is 34.6 Å². The van der Waals surface area contributed by atoms with Crippen LogP contribution in [0.15, 0.2) is 69.2 Å². The maximum atomic E-state index is 14.2. The van der Waals surface area contributed by atoms with Crippen molar-refractivity contribution in [2.45, 2.75) is 71.1 Å². The molecule has 1 N–H and O–H groups in total. The lowest BCUT2D eigenvalue weighted by molar-refractivity contribution is 0.325. The quantitative estimate of drug-likeness (QED) is 0.411. The van der Waals surface area contributed by atoms with Crippen molar-refractivity contribution in [1.29, 1.82) is 0 Å². The fourth-order valence-corrected chi connectivity index (χ4v) is 7.09. The monoisotopic (exact) mass is 487 g/mol. The summed E-state index contributed by atoms with van der Waals surface area (Å²) in [5, 5.41) is 3.36. The van der Waals surface area contributed by atoms with Gasteiger partial charge in [-0.15, -0.1) is 0 Å². The van der Waals surface area contributed by atoms with Crippen LogP contribution < -0.4 is 5.32 Å². The van der Waals surface area contributed by atoms with Crippen LogP contribution >= 0.6 is 0 Å². The van der Waals surface area contributed by atoms with Crippen LogP contribution in [0.4, 0.5) is 4.39 Å². The average Bonchev–Trinajstić information content (AvgIpc) is 3.80. The maximum absolute atomic E-state index is 14.2. The number of fused-ring (bicyclic) bond motifs is 2. The van der Waals surface area contributed by atoms with E-state index in [0.717, 1.165) is 44.1 Å². The van der Waals surface area contributed by atoms with Crippen molar-refractivity contribution < 1.29 is 4.39 Å². The number of hydrogen-bond donors (Lipinski definition) is 1. The number of halogens is 1. The molecular weight excluding hydrogens is 445 g/mol. The predicted octanol–water partition coefficient (Wildman–Crippen LogP) is 6.46. The summed E-state index contributed by atoms with van der Waals surface area (Å²) in [6.45, 7) is 7.78. The molecule has 6 aliphatic rings. The van der Waals surface area contributed by atoms with E-state index in [1.807, 2.05) is 7.05 Å². The van der Waals surface area contributed by atoms with Gasteiger partial charge in [0, 0.05) is 47.7 Å². The van der Waals surface area contributed by atoms with Crippen LogP contribution in [0, 0.1) is 41.4 Å². The first-order chi connectivity index (χ1) is 17.5. The minimum atomic E-state index is -0.673. The summed E-state index contributed by atoms with van der Waals surface area (Å²) >= 11 is 0. The SMILES string of the molecule is CNC(C)CCN=C1C2=CC(C3=CC4C(F)C4C=C3)CC(C3CC3C)C2N=C(C2=CCC=CC2)C1C. The van der Waals surface area contributed by atoms with Gasteiger partial charge < -0.3 is 5.32 Å². The molecule has 2 fully saturated rings. The lowest BCUT2D eigenvalue weighted by Gasteiger charge is -2.41. The largest absolute Gasteiger partial charge is 0.317 e. The molecule has 0 aromatic heterocycles. The van der Waals surface area contributed by atoms with E-state index >= 15 is 0 Å². The van der Waals surface area contributed by atoms with E-state index in [2.05, 4.69) is 68.6 Å². The minimum Gasteiger partial charge on any atom is -0.317 e. The van der Waals surface area contributed by atoms with Crippen LogP contribution in [0.5, 0.6) is 0 Å². The van der Waals surface area contributed by atoms with Gasteiger partial charge in [0.15, 0.2) is 0 Å². The number of rotatable bonds is 7. The Kier molecular flexibility index (Phi) is 6.52. The van der Waals surface area contributed by atoms with Crippen molar-refractivity contribution in [2.75, 3.05) is 13.6 Å². The summed E-state index contributed by atoms with van der Waals surface area (Å²) in [7, 11) is 2.03. The highest BCUT2D eigenvalue weighted by Crippen LogP contribution is 2.55. The normalized spacial score (nSPS) is 42.6. The lowest BCUT2D eigenvalue weighted by Crippen LogP contribution is -2.42. The Hall–Kier alpha value is -2.07. The Labute approximate surface area is 216 Å². The lowest BCUT2D eigenvalue weighted by atomic mass is 9.68. The number of aliphatic imine (C=N–C) groups is 2. The summed E-state index contributed by atoms with van der Waals surface area (Å²) in [6.07, 6.45) is 20.8. The third-order valence-electron chi connectivity index (χ3n) is 9.78. The number of hydrogen-bond acceptors (Lipinski definition) is 3. The van der Waals surface area contributed by atoms with Gasteiger partial charge in [-0.2, -0.15) is 0 Å². The highest BCUT2D eigenvalue weighted by Gasteiger charge is 2.52. The van der Waals surface area contributed by atoms with E-state index in [-0.39, 0.29) is 23.8 Å². The second-order valence-electron chi connectivity index (χ2n) is 12.2. The molecule has 6 rings (SSSR count). The minimum absolute atomic E-state index is 0.108. The number of alkyl halides is 1. The van der Waals surface area contributed by atoms with Crippen LogP contribution in [0.2, 0.25) is 0 Å². The van der Waals surface area contributed by atoms with Crippen LogP contribution in [0.25, 0.3) is 0 Å². The van der Waals surface area contributed by atoms with E-state index in [4.69, 9.17) is 9.98 Å². The molecular formula is C32H42FN3. The molecule has 0 radical (unpaired) electrons. The summed E-state index contributed by atoms with van der Waals surface area (Å²) < 4.78 is 14.2. The van der Waals surface area contributed by atoms with Gasteiger partial charge in [0.25, 0.3) is 0 Å². The molecule has 0 bridgehead atoms. The predicted molar refractivity (Wildman–Crippen MR) is 148 cm³/mol. The number of allylic oxidation sites excluding steroid dienone is 9. The molecule has 1 aliphatic heterocycles. The van der Waals surface area contributed by atoms with E-state index in [9.17, 15) is 4.39 Å². The highest BCUT2D eigenvalue weighted by molar-refractivity contribution is 6.22. The second kappa shape index (κ2) is 9.67. The average molecular weight is 488 g/mol. The molecule has 5 aliphatic carbocycles. The first-order valence-electron chi connectivity index (χ1n) is 14.4. The number of nitrogens with zero attached hydrogens (tertiary/aromatic N) is 2. The Morgan fingerprint density at radius 1 is 1.14 bits per heavy atom. The van der Waals surface area contributed by atoms with Crippen molar-refractivity contribution in [3.05, 3.63) is 59.3 Å². The standard InChI is InChI=1S/C32H42FN3/c1-18-14-25(18)27-16-23(22-10-11-24-26(15-22)29(24)33)17-28-31(35-13-12-19(2)34-4)20(3)30(36-32(27)28)21-8-6-5-7-9-21/h5-6,9-11,15,17-20,23-27,29,32,34H,7-8,12-14,16H2,1-4H3. The summed E-state index contributed by atoms with van der Waals surface area (Å²) in [5.41, 5.74) is 6.64. The molecule has 0 aromatic rings. The molecule has 1 heterocycles. The summed E-state index contributed by atoms with van der Waals surface area (Å²) in [4.78, 5) is 10.9. The van der Waals surface area contributed by atoms with Gasteiger partial charge in [0.1, 0.15) is 6.17 Å². The molecule has 3 nitrogen and oxygen atoms in total. The number of nitrogens with one attached hydrogen (secondary N) is 1. The Morgan fingerprint density at radius 2 is 1.97 bits per heavy atom. The summed E-state index contributed by atoms with van der Waals surface area (Å²) in [6, 6.07) is 0.666. The first-order valence-corrected chi connectivity index (χ1v) is 14.4. The van der Waals surface area contributed by atoms with Gasteiger partial charge in [-0.05, 0) is 80.5 Å². The van der Waals surface area contributed by atoms with Gasteiger partial charge in [0.2, 0.25) is 0 Å². The molecule has 4 heteroatoms. The Balaban J connectivity index is 1.39. The zero-order valence-electron chi connectivity index (χ0n) is 22.3. The van der Waals surface area contributed by atoms with Crippen molar-refractivity contribution in [3.63, 3.8) is 0 Å². The molecule has 0 aromatic carbocycles. The highest BCUT2D eigenvalue weighted by atomic mass is 19.1. The molecule has 0 amide bonds. The van der Waals surface area contributed by atoms with Crippen molar-refractivity contribution >= 4 is 11.4 Å². The molecule has 2 saturated carbocycles. The maximum Gasteiger partial charge on any atom is 0.114 e. The van der Waals surface area contributed by atoms with Crippen molar-refractivity contribution in [2.24, 2.45) is 51.4 Å². The second-order valence-corrected chi connectivity index (χ2v) is 12.2. The van der Waals surface area contributed by atoms with Gasteiger partial charge >= 0.3 is 0 Å². The van der Waals surface area contributed by atoms with E-state index < -0.39 is 6.17 Å². The zero-order valence-corrected chi connectivity index (χ0v) is 22.3. The molecule has 36 heavy (non-hydrogen) atoms. The topological polar surface area (TPSA) is 36.8 Å². The molecule has 10 unspecified atom stereocenters. The molecule has 0 saturated heterocycles. The van der Waals surface area contributed by atoms with Gasteiger partial charge in [-0.25, -0.2) is 4.39 Å². The van der Waals surface area contributed by atoms with Gasteiger partial charge in [0.05, 0.1) is 6.04 Å². The molecule has 10 atom stereocenters. The smallest absolute Gasteiger partial charge is 0.114 e. The van der Waals surface area contributed by atoms with Crippen LogP contribution in [-0.2, 0) is 0 Å². The van der Waals surface area contributed by atoms with E-state index in [1.54, 1.807) is 0 Å². The van der Waals surface area contributed by atoms with Crippen molar-refractivity contribution in [1.82, 2.24) is 5.32 Å². The van der Waals surface area contributed by atoms with Crippen LogP contribution in [0.1, 0.15) is 52.9 Å². The van der Waals surface area contributed by atoms with Gasteiger partial charge in [-0.3, -0.25) is 9.98 Å². The molecule has 0 spiro atoms.